The first-order chi connectivity index (χ1) is 21.2. The predicted octanol–water partition coefficient (Wildman–Crippen LogP) is 14.6. The summed E-state index contributed by atoms with van der Waals surface area (Å²) in [6, 6.07) is 0. The molecule has 0 radical (unpaired) electrons. The molecule has 2 heteroatoms. The first kappa shape index (κ1) is 42.2. The van der Waals surface area contributed by atoms with Crippen LogP contribution in [0.3, 0.4) is 0 Å². The molecular weight excluding hydrogens is 524 g/mol. The first-order valence-electron chi connectivity index (χ1n) is 20.0. The number of unbranched alkanes of at least 4 members (excludes halogenated alkanes) is 28. The Hall–Kier alpha value is -0.790. The van der Waals surface area contributed by atoms with Crippen LogP contribution in [-0.2, 0) is 9.53 Å². The zero-order valence-corrected chi connectivity index (χ0v) is 30.1. The van der Waals surface area contributed by atoms with Crippen LogP contribution >= 0.6 is 0 Å². The van der Waals surface area contributed by atoms with E-state index in [-0.39, 0.29) is 5.97 Å². The van der Waals surface area contributed by atoms with Gasteiger partial charge in [0.25, 0.3) is 0 Å². The number of carbonyl (C=O) groups is 1. The summed E-state index contributed by atoms with van der Waals surface area (Å²) in [6.07, 6.45) is 48.7. The molecular formula is C41H80O2. The minimum absolute atomic E-state index is 0.0164. The van der Waals surface area contributed by atoms with Crippen LogP contribution in [0, 0.1) is 5.92 Å². The summed E-state index contributed by atoms with van der Waals surface area (Å²) in [5.74, 6) is 0.902. The van der Waals surface area contributed by atoms with E-state index in [4.69, 9.17) is 4.74 Å². The van der Waals surface area contributed by atoms with Gasteiger partial charge >= 0.3 is 5.97 Å². The zero-order valence-electron chi connectivity index (χ0n) is 30.1. The molecule has 0 atom stereocenters. The van der Waals surface area contributed by atoms with E-state index >= 15 is 0 Å². The molecule has 0 aliphatic rings. The maximum atomic E-state index is 11.9. The maximum absolute atomic E-state index is 11.9. The van der Waals surface area contributed by atoms with E-state index in [1.807, 2.05) is 0 Å². The Kier molecular flexibility index (Phi) is 36.7. The monoisotopic (exact) mass is 605 g/mol. The Balaban J connectivity index is 3.14. The average Bonchev–Trinajstić information content (AvgIpc) is 2.99. The maximum Gasteiger partial charge on any atom is 0.305 e. The lowest BCUT2D eigenvalue weighted by Crippen LogP contribution is -2.05. The molecule has 0 N–H and O–H groups in total. The van der Waals surface area contributed by atoms with E-state index in [0.29, 0.717) is 13.0 Å². The van der Waals surface area contributed by atoms with Crippen LogP contribution in [0.1, 0.15) is 233 Å². The van der Waals surface area contributed by atoms with Gasteiger partial charge in [-0.25, -0.2) is 0 Å². The third kappa shape index (κ3) is 39.2. The molecule has 0 spiro atoms. The molecule has 256 valence electrons. The average molecular weight is 605 g/mol. The number of carbonyl (C=O) groups excluding carboxylic acids is 1. The van der Waals surface area contributed by atoms with Crippen LogP contribution in [0.4, 0.5) is 0 Å². The topological polar surface area (TPSA) is 26.3 Å². The van der Waals surface area contributed by atoms with Crippen LogP contribution in [0.15, 0.2) is 12.2 Å². The molecule has 0 aromatic rings. The van der Waals surface area contributed by atoms with E-state index in [2.05, 4.69) is 32.9 Å². The first-order valence-corrected chi connectivity index (χ1v) is 20.0. The lowest BCUT2D eigenvalue weighted by atomic mass is 10.0. The second-order valence-corrected chi connectivity index (χ2v) is 14.1. The summed E-state index contributed by atoms with van der Waals surface area (Å²) in [5.41, 5.74) is 0. The molecule has 0 aromatic carbocycles. The summed E-state index contributed by atoms with van der Waals surface area (Å²) in [6.45, 7) is 7.56. The third-order valence-corrected chi connectivity index (χ3v) is 9.08. The Bertz CT molecular complexity index is 552. The largest absolute Gasteiger partial charge is 0.466 e. The van der Waals surface area contributed by atoms with E-state index in [9.17, 15) is 4.79 Å². The molecule has 0 aromatic heterocycles. The van der Waals surface area contributed by atoms with Gasteiger partial charge in [0.1, 0.15) is 0 Å². The van der Waals surface area contributed by atoms with E-state index in [1.165, 1.54) is 186 Å². The molecule has 0 unspecified atom stereocenters. The van der Waals surface area contributed by atoms with Gasteiger partial charge in [-0.1, -0.05) is 206 Å². The smallest absolute Gasteiger partial charge is 0.305 e. The highest BCUT2D eigenvalue weighted by molar-refractivity contribution is 5.69. The van der Waals surface area contributed by atoms with Crippen molar-refractivity contribution in [3.8, 4) is 0 Å². The van der Waals surface area contributed by atoms with Gasteiger partial charge in [-0.15, -0.1) is 0 Å². The summed E-state index contributed by atoms with van der Waals surface area (Å²) in [4.78, 5) is 11.9. The van der Waals surface area contributed by atoms with Crippen molar-refractivity contribution in [3.05, 3.63) is 12.2 Å². The third-order valence-electron chi connectivity index (χ3n) is 9.08. The molecule has 0 saturated carbocycles. The quantitative estimate of drug-likeness (QED) is 0.0404. The molecule has 0 bridgehead atoms. The fraction of sp³-hybridized carbons (Fsp3) is 0.927. The van der Waals surface area contributed by atoms with Crippen LogP contribution in [0.25, 0.3) is 0 Å². The van der Waals surface area contributed by atoms with Gasteiger partial charge in [-0.05, 0) is 38.0 Å². The molecule has 0 rings (SSSR count). The highest BCUT2D eigenvalue weighted by Gasteiger charge is 2.03. The van der Waals surface area contributed by atoms with Gasteiger partial charge in [-0.2, -0.15) is 0 Å². The number of esters is 1. The Morgan fingerprint density at radius 1 is 0.465 bits per heavy atom. The SMILES string of the molecule is CCCC/C=C\CCCCCCCC(=O)OCCCCCCCCCCCCCCCCCCCCCCCCC(C)C. The molecule has 43 heavy (non-hydrogen) atoms. The van der Waals surface area contributed by atoms with E-state index in [0.717, 1.165) is 25.2 Å². The van der Waals surface area contributed by atoms with Gasteiger partial charge in [0.05, 0.1) is 6.61 Å². The summed E-state index contributed by atoms with van der Waals surface area (Å²) >= 11 is 0. The number of ether oxygens (including phenoxy) is 1. The van der Waals surface area contributed by atoms with Crippen molar-refractivity contribution in [3.63, 3.8) is 0 Å². The summed E-state index contributed by atoms with van der Waals surface area (Å²) in [7, 11) is 0. The van der Waals surface area contributed by atoms with Gasteiger partial charge in [0, 0.05) is 6.42 Å². The Morgan fingerprint density at radius 3 is 1.23 bits per heavy atom. The second kappa shape index (κ2) is 37.4. The van der Waals surface area contributed by atoms with E-state index < -0.39 is 0 Å². The summed E-state index contributed by atoms with van der Waals surface area (Å²) < 4.78 is 5.44. The predicted molar refractivity (Wildman–Crippen MR) is 193 cm³/mol. The van der Waals surface area contributed by atoms with Gasteiger partial charge in [-0.3, -0.25) is 4.79 Å². The van der Waals surface area contributed by atoms with Crippen LogP contribution in [-0.4, -0.2) is 12.6 Å². The number of allylic oxidation sites excluding steroid dienone is 2. The van der Waals surface area contributed by atoms with Gasteiger partial charge in [0.2, 0.25) is 0 Å². The van der Waals surface area contributed by atoms with Crippen molar-refractivity contribution < 1.29 is 9.53 Å². The molecule has 0 heterocycles. The molecule has 0 aliphatic heterocycles. The van der Waals surface area contributed by atoms with Crippen molar-refractivity contribution in [2.45, 2.75) is 233 Å². The minimum Gasteiger partial charge on any atom is -0.466 e. The second-order valence-electron chi connectivity index (χ2n) is 14.1. The Labute approximate surface area is 272 Å². The fourth-order valence-electron chi connectivity index (χ4n) is 6.07. The van der Waals surface area contributed by atoms with Crippen LogP contribution in [0.2, 0.25) is 0 Å². The zero-order chi connectivity index (χ0) is 31.3. The molecule has 0 aliphatic carbocycles. The standard InChI is InChI=1S/C41H80O2/c1-4-5-6-7-8-9-22-26-29-32-35-38-41(42)43-39-36-33-30-27-24-21-19-17-15-13-11-10-12-14-16-18-20-23-25-28-31-34-37-40(2)3/h7-8,40H,4-6,9-39H2,1-3H3/b8-7-. The van der Waals surface area contributed by atoms with Gasteiger partial charge in [0.15, 0.2) is 0 Å². The number of hydrogen-bond acceptors (Lipinski definition) is 2. The normalized spacial score (nSPS) is 11.7. The van der Waals surface area contributed by atoms with Crippen LogP contribution < -0.4 is 0 Å². The minimum atomic E-state index is 0.0164. The van der Waals surface area contributed by atoms with Crippen molar-refractivity contribution in [1.82, 2.24) is 0 Å². The highest BCUT2D eigenvalue weighted by Crippen LogP contribution is 2.16. The van der Waals surface area contributed by atoms with E-state index in [1.54, 1.807) is 0 Å². The number of hydrogen-bond donors (Lipinski definition) is 0. The van der Waals surface area contributed by atoms with Crippen molar-refractivity contribution in [2.75, 3.05) is 6.61 Å². The molecule has 0 amide bonds. The summed E-state index contributed by atoms with van der Waals surface area (Å²) in [5, 5.41) is 0. The molecule has 0 saturated heterocycles. The molecule has 2 nitrogen and oxygen atoms in total. The number of rotatable bonds is 36. The lowest BCUT2D eigenvalue weighted by molar-refractivity contribution is -0.143. The molecule has 0 fully saturated rings. The van der Waals surface area contributed by atoms with Crippen molar-refractivity contribution in [1.29, 1.82) is 0 Å². The van der Waals surface area contributed by atoms with Crippen LogP contribution in [0.5, 0.6) is 0 Å². The van der Waals surface area contributed by atoms with Crippen molar-refractivity contribution in [2.24, 2.45) is 5.92 Å². The van der Waals surface area contributed by atoms with Gasteiger partial charge < -0.3 is 4.74 Å². The Morgan fingerprint density at radius 2 is 0.814 bits per heavy atom. The lowest BCUT2D eigenvalue weighted by Gasteiger charge is -2.06. The fourth-order valence-corrected chi connectivity index (χ4v) is 6.07. The van der Waals surface area contributed by atoms with Crippen molar-refractivity contribution >= 4 is 5.97 Å². The highest BCUT2D eigenvalue weighted by atomic mass is 16.5.